The van der Waals surface area contributed by atoms with Gasteiger partial charge in [0.05, 0.1) is 0 Å². The second kappa shape index (κ2) is 7.85. The van der Waals surface area contributed by atoms with E-state index < -0.39 is 4.84 Å². The van der Waals surface area contributed by atoms with Crippen molar-refractivity contribution in [1.82, 2.24) is 14.3 Å². The van der Waals surface area contributed by atoms with Crippen molar-refractivity contribution in [3.05, 3.63) is 41.5 Å². The van der Waals surface area contributed by atoms with Gasteiger partial charge in [0.15, 0.2) is 4.84 Å². The molecule has 0 aliphatic carbocycles. The predicted molar refractivity (Wildman–Crippen MR) is 98.0 cm³/mol. The van der Waals surface area contributed by atoms with Crippen LogP contribution in [0.4, 0.5) is 9.52 Å². The number of alkyl halides is 2. The number of halogens is 3. The van der Waals surface area contributed by atoms with Crippen molar-refractivity contribution < 1.29 is 9.18 Å². The lowest BCUT2D eigenvalue weighted by Gasteiger charge is -2.39. The molecule has 5 nitrogen and oxygen atoms in total. The molecule has 2 aromatic rings. The molecule has 0 radical (unpaired) electrons. The lowest BCUT2D eigenvalue weighted by molar-refractivity contribution is -0.131. The third-order valence-electron chi connectivity index (χ3n) is 4.10. The Bertz CT molecular complexity index is 740. The number of hydrogen-bond donors (Lipinski definition) is 0. The summed E-state index contributed by atoms with van der Waals surface area (Å²) in [5.41, 5.74) is 0.963. The molecule has 1 atom stereocenters. The van der Waals surface area contributed by atoms with Crippen LogP contribution in [0.1, 0.15) is 18.3 Å². The van der Waals surface area contributed by atoms with Gasteiger partial charge in [0.2, 0.25) is 5.13 Å². The van der Waals surface area contributed by atoms with Crippen LogP contribution in [-0.4, -0.2) is 50.7 Å². The van der Waals surface area contributed by atoms with E-state index in [0.29, 0.717) is 31.9 Å². The van der Waals surface area contributed by atoms with Crippen LogP contribution in [0.2, 0.25) is 0 Å². The smallest absolute Gasteiger partial charge is 0.256 e. The Balaban J connectivity index is 1.63. The highest BCUT2D eigenvalue weighted by atomic mass is 35.5. The van der Waals surface area contributed by atoms with Crippen LogP contribution in [0.25, 0.3) is 0 Å². The molecule has 0 N–H and O–H groups in total. The summed E-state index contributed by atoms with van der Waals surface area (Å²) in [6.07, 6.45) is 0.560. The minimum absolute atomic E-state index is 0.00861. The van der Waals surface area contributed by atoms with Crippen molar-refractivity contribution in [2.75, 3.05) is 24.5 Å². The number of aromatic nitrogens is 2. The van der Waals surface area contributed by atoms with Gasteiger partial charge < -0.3 is 9.80 Å². The molecule has 0 spiro atoms. The van der Waals surface area contributed by atoms with Gasteiger partial charge in [-0.15, -0.1) is 0 Å². The van der Waals surface area contributed by atoms with Crippen LogP contribution in [0, 0.1) is 5.82 Å². The molecule has 1 saturated heterocycles. The monoisotopic (exact) mass is 402 g/mol. The Hall–Kier alpha value is -1.44. The quantitative estimate of drug-likeness (QED) is 0.737. The van der Waals surface area contributed by atoms with Gasteiger partial charge in [0.25, 0.3) is 5.91 Å². The maximum Gasteiger partial charge on any atom is 0.256 e. The Kier molecular flexibility index (Phi) is 5.76. The standard InChI is InChI=1S/C16H17Cl2FN4OS/c1-10-9-22(6-7-23(10)15(24)14(17)18)16-20-13(21-25-16)8-11-2-4-12(19)5-3-11/h2-5,10,14H,6-9H2,1H3/t10-/m0/s1. The van der Waals surface area contributed by atoms with Crippen LogP contribution >= 0.6 is 34.7 Å². The van der Waals surface area contributed by atoms with E-state index in [9.17, 15) is 9.18 Å². The topological polar surface area (TPSA) is 49.3 Å². The number of rotatable bonds is 4. The molecule has 1 aliphatic rings. The van der Waals surface area contributed by atoms with Crippen molar-refractivity contribution >= 4 is 45.8 Å². The number of carbonyl (C=O) groups excluding carboxylic acids is 1. The van der Waals surface area contributed by atoms with Gasteiger partial charge in [-0.2, -0.15) is 4.37 Å². The van der Waals surface area contributed by atoms with E-state index in [2.05, 4.69) is 14.3 Å². The fourth-order valence-electron chi connectivity index (χ4n) is 2.81. The van der Waals surface area contributed by atoms with Crippen molar-refractivity contribution in [3.63, 3.8) is 0 Å². The summed E-state index contributed by atoms with van der Waals surface area (Å²) in [6, 6.07) is 6.32. The first-order valence-corrected chi connectivity index (χ1v) is 9.49. The molecule has 134 valence electrons. The van der Waals surface area contributed by atoms with Crippen LogP contribution in [0.5, 0.6) is 0 Å². The predicted octanol–water partition coefficient (Wildman–Crippen LogP) is 3.11. The fourth-order valence-corrected chi connectivity index (χ4v) is 3.78. The van der Waals surface area contributed by atoms with Crippen LogP contribution in [0.3, 0.4) is 0 Å². The summed E-state index contributed by atoms with van der Waals surface area (Å²) in [4.78, 5) is 19.3. The third kappa shape index (κ3) is 4.40. The average Bonchev–Trinajstić information content (AvgIpc) is 3.04. The lowest BCUT2D eigenvalue weighted by atomic mass is 10.1. The van der Waals surface area contributed by atoms with E-state index in [1.807, 2.05) is 6.92 Å². The van der Waals surface area contributed by atoms with Crippen LogP contribution < -0.4 is 4.90 Å². The minimum Gasteiger partial charge on any atom is -0.343 e. The zero-order valence-corrected chi connectivity index (χ0v) is 15.9. The van der Waals surface area contributed by atoms with Gasteiger partial charge in [0, 0.05) is 43.6 Å². The highest BCUT2D eigenvalue weighted by Crippen LogP contribution is 2.23. The van der Waals surface area contributed by atoms with Crippen LogP contribution in [-0.2, 0) is 11.2 Å². The first-order chi connectivity index (χ1) is 11.9. The molecule has 25 heavy (non-hydrogen) atoms. The molecule has 0 unspecified atom stereocenters. The average molecular weight is 403 g/mol. The highest BCUT2D eigenvalue weighted by molar-refractivity contribution is 7.09. The maximum atomic E-state index is 13.0. The van der Waals surface area contributed by atoms with E-state index in [1.54, 1.807) is 17.0 Å². The van der Waals surface area contributed by atoms with Crippen molar-refractivity contribution in [2.24, 2.45) is 0 Å². The molecule has 2 heterocycles. The van der Waals surface area contributed by atoms with Gasteiger partial charge in [0.1, 0.15) is 11.6 Å². The van der Waals surface area contributed by atoms with E-state index in [-0.39, 0.29) is 17.8 Å². The number of nitrogens with zero attached hydrogens (tertiary/aromatic N) is 4. The van der Waals surface area contributed by atoms with E-state index in [0.717, 1.165) is 10.7 Å². The summed E-state index contributed by atoms with van der Waals surface area (Å²) < 4.78 is 17.4. The molecule has 0 bridgehead atoms. The van der Waals surface area contributed by atoms with Crippen LogP contribution in [0.15, 0.2) is 24.3 Å². The molecule has 0 saturated carbocycles. The molecular formula is C16H17Cl2FN4OS. The molecule has 1 aliphatic heterocycles. The van der Waals surface area contributed by atoms with Crippen molar-refractivity contribution in [3.8, 4) is 0 Å². The molecule has 1 amide bonds. The molecule has 1 fully saturated rings. The second-order valence-electron chi connectivity index (χ2n) is 5.92. The van der Waals surface area contributed by atoms with Crippen molar-refractivity contribution in [1.29, 1.82) is 0 Å². The Labute approximate surface area is 159 Å². The highest BCUT2D eigenvalue weighted by Gasteiger charge is 2.31. The lowest BCUT2D eigenvalue weighted by Crippen LogP contribution is -2.55. The normalized spacial score (nSPS) is 18.0. The number of amides is 1. The molecule has 1 aromatic heterocycles. The van der Waals surface area contributed by atoms with Gasteiger partial charge >= 0.3 is 0 Å². The largest absolute Gasteiger partial charge is 0.343 e. The summed E-state index contributed by atoms with van der Waals surface area (Å²) in [5.74, 6) is 0.192. The number of piperazine rings is 1. The molecule has 1 aromatic carbocycles. The Morgan fingerprint density at radius 3 is 2.72 bits per heavy atom. The van der Waals surface area contributed by atoms with E-state index >= 15 is 0 Å². The minimum atomic E-state index is -1.03. The SMILES string of the molecule is C[C@H]1CN(c2nc(Cc3ccc(F)cc3)ns2)CCN1C(=O)C(Cl)Cl. The van der Waals surface area contributed by atoms with Gasteiger partial charge in [-0.05, 0) is 24.6 Å². The Morgan fingerprint density at radius 1 is 1.36 bits per heavy atom. The van der Waals surface area contributed by atoms with Gasteiger partial charge in [-0.3, -0.25) is 4.79 Å². The second-order valence-corrected chi connectivity index (χ2v) is 7.75. The van der Waals surface area contributed by atoms with Gasteiger partial charge in [-0.1, -0.05) is 35.3 Å². The van der Waals surface area contributed by atoms with E-state index in [4.69, 9.17) is 23.2 Å². The summed E-state index contributed by atoms with van der Waals surface area (Å²) in [7, 11) is 0. The first-order valence-electron chi connectivity index (χ1n) is 7.84. The zero-order chi connectivity index (χ0) is 18.0. The summed E-state index contributed by atoms with van der Waals surface area (Å²) in [6.45, 7) is 3.81. The Morgan fingerprint density at radius 2 is 2.08 bits per heavy atom. The van der Waals surface area contributed by atoms with Gasteiger partial charge in [-0.25, -0.2) is 9.37 Å². The van der Waals surface area contributed by atoms with Crippen molar-refractivity contribution in [2.45, 2.75) is 24.2 Å². The first kappa shape index (κ1) is 18.4. The number of carbonyl (C=O) groups is 1. The number of anilines is 1. The molecular weight excluding hydrogens is 386 g/mol. The third-order valence-corrected chi connectivity index (χ3v) is 5.29. The van der Waals surface area contributed by atoms with E-state index in [1.165, 1.54) is 23.7 Å². The number of benzene rings is 1. The summed E-state index contributed by atoms with van der Waals surface area (Å²) in [5, 5.41) is 0.823. The maximum absolute atomic E-state index is 13.0. The summed E-state index contributed by atoms with van der Waals surface area (Å²) >= 11 is 12.7. The molecule has 3 rings (SSSR count). The zero-order valence-electron chi connectivity index (χ0n) is 13.5. The molecule has 9 heteroatoms. The fraction of sp³-hybridized carbons (Fsp3) is 0.438. The number of hydrogen-bond acceptors (Lipinski definition) is 5.